The predicted molar refractivity (Wildman–Crippen MR) is 58.6 cm³/mol. The Bertz CT molecular complexity index is 446. The summed E-state index contributed by atoms with van der Waals surface area (Å²) < 4.78 is 13.1. The average Bonchev–Trinajstić information content (AvgIpc) is 3.02. The molecular weight excluding hydrogens is 231 g/mol. The molecule has 0 radical (unpaired) electrons. The fourth-order valence-corrected chi connectivity index (χ4v) is 2.05. The van der Waals surface area contributed by atoms with Crippen molar-refractivity contribution in [3.8, 4) is 0 Å². The SMILES string of the molecule is Cc1c(C(C(N)=O)C2CC2)ncc(F)c1Cl. The van der Waals surface area contributed by atoms with Crippen molar-refractivity contribution in [1.82, 2.24) is 4.98 Å². The van der Waals surface area contributed by atoms with Crippen LogP contribution in [0.15, 0.2) is 6.20 Å². The highest BCUT2D eigenvalue weighted by molar-refractivity contribution is 6.31. The third-order valence-corrected chi connectivity index (χ3v) is 3.40. The van der Waals surface area contributed by atoms with E-state index in [1.54, 1.807) is 6.92 Å². The van der Waals surface area contributed by atoms with E-state index in [0.29, 0.717) is 11.3 Å². The third-order valence-electron chi connectivity index (χ3n) is 2.93. The first kappa shape index (κ1) is 11.3. The molecule has 86 valence electrons. The molecule has 0 aliphatic heterocycles. The molecule has 0 saturated heterocycles. The topological polar surface area (TPSA) is 56.0 Å². The van der Waals surface area contributed by atoms with E-state index in [1.807, 2.05) is 0 Å². The molecule has 1 heterocycles. The van der Waals surface area contributed by atoms with Gasteiger partial charge >= 0.3 is 0 Å². The Hall–Kier alpha value is -1.16. The number of hydrogen-bond acceptors (Lipinski definition) is 2. The highest BCUT2D eigenvalue weighted by Gasteiger charge is 2.38. The third kappa shape index (κ3) is 1.89. The number of hydrogen-bond donors (Lipinski definition) is 1. The molecule has 5 heteroatoms. The lowest BCUT2D eigenvalue weighted by Gasteiger charge is -2.15. The maximum atomic E-state index is 13.1. The van der Waals surface area contributed by atoms with Crippen molar-refractivity contribution in [2.45, 2.75) is 25.7 Å². The van der Waals surface area contributed by atoms with Gasteiger partial charge in [0.25, 0.3) is 0 Å². The number of primary amides is 1. The van der Waals surface area contributed by atoms with Crippen LogP contribution in [0, 0.1) is 18.7 Å². The number of rotatable bonds is 3. The second-order valence-corrected chi connectivity index (χ2v) is 4.53. The minimum Gasteiger partial charge on any atom is -0.369 e. The number of carbonyl (C=O) groups is 1. The minimum atomic E-state index is -0.568. The number of pyridine rings is 1. The molecule has 1 aromatic heterocycles. The quantitative estimate of drug-likeness (QED) is 0.883. The summed E-state index contributed by atoms with van der Waals surface area (Å²) in [7, 11) is 0. The first-order valence-electron chi connectivity index (χ1n) is 5.12. The van der Waals surface area contributed by atoms with Gasteiger partial charge < -0.3 is 5.73 Å². The van der Waals surface area contributed by atoms with Crippen LogP contribution in [0.4, 0.5) is 4.39 Å². The maximum absolute atomic E-state index is 13.1. The molecule has 1 unspecified atom stereocenters. The Labute approximate surface area is 97.8 Å². The Balaban J connectivity index is 2.45. The van der Waals surface area contributed by atoms with Crippen LogP contribution in [-0.4, -0.2) is 10.9 Å². The smallest absolute Gasteiger partial charge is 0.226 e. The number of nitrogens with zero attached hydrogens (tertiary/aromatic N) is 1. The molecule has 2 N–H and O–H groups in total. The number of carbonyl (C=O) groups excluding carboxylic acids is 1. The van der Waals surface area contributed by atoms with E-state index in [-0.39, 0.29) is 10.9 Å². The summed E-state index contributed by atoms with van der Waals surface area (Å²) in [5, 5.41) is 0.0249. The van der Waals surface area contributed by atoms with Crippen LogP contribution < -0.4 is 5.73 Å². The Morgan fingerprint density at radius 1 is 1.69 bits per heavy atom. The van der Waals surface area contributed by atoms with Crippen LogP contribution in [0.2, 0.25) is 5.02 Å². The van der Waals surface area contributed by atoms with E-state index in [9.17, 15) is 9.18 Å². The van der Waals surface area contributed by atoms with E-state index < -0.39 is 17.6 Å². The van der Waals surface area contributed by atoms with Gasteiger partial charge in [0, 0.05) is 0 Å². The van der Waals surface area contributed by atoms with E-state index in [1.165, 1.54) is 0 Å². The van der Waals surface area contributed by atoms with Gasteiger partial charge in [0.05, 0.1) is 22.8 Å². The van der Waals surface area contributed by atoms with Gasteiger partial charge in [-0.15, -0.1) is 0 Å². The van der Waals surface area contributed by atoms with Crippen molar-refractivity contribution in [1.29, 1.82) is 0 Å². The monoisotopic (exact) mass is 242 g/mol. The number of nitrogens with two attached hydrogens (primary N) is 1. The molecule has 2 rings (SSSR count). The summed E-state index contributed by atoms with van der Waals surface area (Å²) in [6, 6.07) is 0. The molecule has 3 nitrogen and oxygen atoms in total. The van der Waals surface area contributed by atoms with Crippen molar-refractivity contribution in [2.75, 3.05) is 0 Å². The summed E-state index contributed by atoms with van der Waals surface area (Å²) >= 11 is 5.79. The highest BCUT2D eigenvalue weighted by atomic mass is 35.5. The fraction of sp³-hybridized carbons (Fsp3) is 0.455. The highest BCUT2D eigenvalue weighted by Crippen LogP contribution is 2.43. The van der Waals surface area contributed by atoms with Crippen LogP contribution in [0.3, 0.4) is 0 Å². The van der Waals surface area contributed by atoms with Crippen LogP contribution >= 0.6 is 11.6 Å². The first-order chi connectivity index (χ1) is 7.52. The van der Waals surface area contributed by atoms with Crippen LogP contribution in [0.5, 0.6) is 0 Å². The minimum absolute atomic E-state index is 0.0249. The van der Waals surface area contributed by atoms with Crippen molar-refractivity contribution in [2.24, 2.45) is 11.7 Å². The van der Waals surface area contributed by atoms with Gasteiger partial charge in [-0.2, -0.15) is 0 Å². The molecule has 16 heavy (non-hydrogen) atoms. The summed E-state index contributed by atoms with van der Waals surface area (Å²) in [4.78, 5) is 15.3. The van der Waals surface area contributed by atoms with Gasteiger partial charge in [0.15, 0.2) is 5.82 Å². The van der Waals surface area contributed by atoms with E-state index in [0.717, 1.165) is 19.0 Å². The Kier molecular flexibility index (Phi) is 2.84. The second kappa shape index (κ2) is 4.01. The number of aromatic nitrogens is 1. The van der Waals surface area contributed by atoms with Crippen LogP contribution in [-0.2, 0) is 4.79 Å². The molecule has 1 aliphatic rings. The average molecular weight is 243 g/mol. The summed E-state index contributed by atoms with van der Waals surface area (Å²) in [5.41, 5.74) is 6.38. The molecule has 1 aliphatic carbocycles. The lowest BCUT2D eigenvalue weighted by atomic mass is 9.95. The summed E-state index contributed by atoms with van der Waals surface area (Å²) in [5.74, 6) is -1.17. The molecule has 0 aromatic carbocycles. The van der Waals surface area contributed by atoms with E-state index >= 15 is 0 Å². The zero-order valence-electron chi connectivity index (χ0n) is 8.84. The molecule has 0 spiro atoms. The normalized spacial score (nSPS) is 17.2. The van der Waals surface area contributed by atoms with Crippen LogP contribution in [0.1, 0.15) is 30.0 Å². The van der Waals surface area contributed by atoms with Gasteiger partial charge in [-0.1, -0.05) is 11.6 Å². The van der Waals surface area contributed by atoms with Gasteiger partial charge in [0.2, 0.25) is 5.91 Å². The van der Waals surface area contributed by atoms with E-state index in [2.05, 4.69) is 4.98 Å². The van der Waals surface area contributed by atoms with Crippen molar-refractivity contribution in [3.63, 3.8) is 0 Å². The molecule has 1 fully saturated rings. The van der Waals surface area contributed by atoms with Gasteiger partial charge in [-0.25, -0.2) is 4.39 Å². The predicted octanol–water partition coefficient (Wildman–Crippen LogP) is 2.16. The summed E-state index contributed by atoms with van der Waals surface area (Å²) in [6.45, 7) is 1.66. The molecular formula is C11H12ClFN2O. The van der Waals surface area contributed by atoms with Gasteiger partial charge in [0.1, 0.15) is 0 Å². The number of halogens is 2. The Morgan fingerprint density at radius 3 is 2.81 bits per heavy atom. The van der Waals surface area contributed by atoms with Crippen LogP contribution in [0.25, 0.3) is 0 Å². The molecule has 1 aromatic rings. The zero-order chi connectivity index (χ0) is 11.9. The van der Waals surface area contributed by atoms with Crippen molar-refractivity contribution < 1.29 is 9.18 Å². The van der Waals surface area contributed by atoms with Gasteiger partial charge in [-0.05, 0) is 31.2 Å². The molecule has 1 saturated carbocycles. The standard InChI is InChI=1S/C11H12ClFN2O/c1-5-9(12)7(13)4-15-10(5)8(11(14)16)6-2-3-6/h4,6,8H,2-3H2,1H3,(H2,14,16). The fourth-order valence-electron chi connectivity index (χ4n) is 1.90. The Morgan fingerprint density at radius 2 is 2.31 bits per heavy atom. The van der Waals surface area contributed by atoms with E-state index in [4.69, 9.17) is 17.3 Å². The van der Waals surface area contributed by atoms with Gasteiger partial charge in [-0.3, -0.25) is 9.78 Å². The first-order valence-corrected chi connectivity index (χ1v) is 5.50. The lowest BCUT2D eigenvalue weighted by molar-refractivity contribution is -0.120. The van der Waals surface area contributed by atoms with Crippen molar-refractivity contribution in [3.05, 3.63) is 28.3 Å². The summed E-state index contributed by atoms with van der Waals surface area (Å²) in [6.07, 6.45) is 2.97. The molecule has 1 amide bonds. The molecule has 1 atom stereocenters. The number of amides is 1. The second-order valence-electron chi connectivity index (χ2n) is 4.15. The largest absolute Gasteiger partial charge is 0.369 e. The van der Waals surface area contributed by atoms with Crippen molar-refractivity contribution >= 4 is 17.5 Å². The lowest BCUT2D eigenvalue weighted by Crippen LogP contribution is -2.24. The maximum Gasteiger partial charge on any atom is 0.226 e. The zero-order valence-corrected chi connectivity index (χ0v) is 9.59. The molecule has 0 bridgehead atoms.